The molecule has 1 aromatic heterocycles. The van der Waals surface area contributed by atoms with Gasteiger partial charge in [-0.05, 0) is 42.0 Å². The summed E-state index contributed by atoms with van der Waals surface area (Å²) in [5, 5.41) is 2.45. The van der Waals surface area contributed by atoms with Crippen molar-refractivity contribution in [2.45, 2.75) is 24.9 Å². The van der Waals surface area contributed by atoms with Crippen molar-refractivity contribution >= 4 is 44.8 Å². The highest BCUT2D eigenvalue weighted by Gasteiger charge is 2.43. The molecule has 2 amide bonds. The number of ether oxygens (including phenoxy) is 1. The molecule has 0 unspecified atom stereocenters. The Bertz CT molecular complexity index is 1070. The van der Waals surface area contributed by atoms with Crippen LogP contribution in [-0.2, 0) is 30.8 Å². The lowest BCUT2D eigenvalue weighted by Gasteiger charge is -2.34. The van der Waals surface area contributed by atoms with Gasteiger partial charge in [0.15, 0.2) is 0 Å². The molecule has 178 valence electrons. The zero-order valence-corrected chi connectivity index (χ0v) is 20.4. The van der Waals surface area contributed by atoms with Gasteiger partial charge in [-0.1, -0.05) is 29.8 Å². The van der Waals surface area contributed by atoms with E-state index < -0.39 is 22.1 Å². The number of aryl methyl sites for hydroxylation is 1. The number of carbonyl (C=O) groups excluding carboxylic acids is 2. The molecule has 0 radical (unpaired) electrons. The van der Waals surface area contributed by atoms with Gasteiger partial charge in [0.25, 0.3) is 5.91 Å². The second-order valence-corrected chi connectivity index (χ2v) is 11.3. The van der Waals surface area contributed by atoms with Crippen molar-refractivity contribution in [2.24, 2.45) is 0 Å². The zero-order valence-electron chi connectivity index (χ0n) is 18.0. The lowest BCUT2D eigenvalue weighted by Crippen LogP contribution is -2.49. The molecule has 0 bridgehead atoms. The highest BCUT2D eigenvalue weighted by atomic mass is 35.5. The van der Waals surface area contributed by atoms with Gasteiger partial charge < -0.3 is 14.5 Å². The molecule has 4 rings (SSSR count). The molecule has 0 spiro atoms. The first-order valence-corrected chi connectivity index (χ1v) is 13.7. The predicted molar refractivity (Wildman–Crippen MR) is 127 cm³/mol. The number of nitrogens with zero attached hydrogens (tertiary/aromatic N) is 2. The maximum Gasteiger partial charge on any atom is 0.251 e. The maximum atomic E-state index is 13.3. The summed E-state index contributed by atoms with van der Waals surface area (Å²) in [5.74, 6) is -0.662. The van der Waals surface area contributed by atoms with Crippen LogP contribution in [0.4, 0.5) is 0 Å². The lowest BCUT2D eigenvalue weighted by atomic mass is 10.1. The number of amides is 2. The number of carbonyl (C=O) groups is 2. The smallest absolute Gasteiger partial charge is 0.251 e. The van der Waals surface area contributed by atoms with Gasteiger partial charge in [-0.2, -0.15) is 0 Å². The lowest BCUT2D eigenvalue weighted by molar-refractivity contribution is -0.147. The molecule has 11 heteroatoms. The van der Waals surface area contributed by atoms with Crippen molar-refractivity contribution in [1.82, 2.24) is 14.5 Å². The van der Waals surface area contributed by atoms with E-state index >= 15 is 0 Å². The maximum absolute atomic E-state index is 13.3. The van der Waals surface area contributed by atoms with Crippen LogP contribution in [0.15, 0.2) is 41.8 Å². The number of likely N-dealkylation sites (tertiary alicyclic amines) is 1. The quantitative estimate of drug-likeness (QED) is 0.585. The van der Waals surface area contributed by atoms with Crippen molar-refractivity contribution in [1.29, 1.82) is 0 Å². The van der Waals surface area contributed by atoms with Gasteiger partial charge in [0.2, 0.25) is 15.9 Å². The van der Waals surface area contributed by atoms with Crippen molar-refractivity contribution in [3.05, 3.63) is 57.2 Å². The number of halogens is 1. The summed E-state index contributed by atoms with van der Waals surface area (Å²) < 4.78 is 33.2. The highest BCUT2D eigenvalue weighted by Crippen LogP contribution is 2.31. The molecule has 1 aromatic carbocycles. The van der Waals surface area contributed by atoms with Crippen molar-refractivity contribution in [2.75, 3.05) is 38.6 Å². The molecule has 2 fully saturated rings. The normalized spacial score (nSPS) is 20.3. The summed E-state index contributed by atoms with van der Waals surface area (Å²) in [5.41, 5.74) is 0.845. The van der Waals surface area contributed by atoms with Crippen LogP contribution in [0, 0.1) is 0 Å². The molecule has 1 N–H and O–H groups in total. The number of hydrogen-bond acceptors (Lipinski definition) is 6. The minimum Gasteiger partial charge on any atom is -0.378 e. The number of morpholine rings is 1. The number of hydrogen-bond donors (Lipinski definition) is 1. The van der Waals surface area contributed by atoms with Crippen LogP contribution in [0.25, 0.3) is 0 Å². The van der Waals surface area contributed by atoms with Gasteiger partial charge >= 0.3 is 0 Å². The molecule has 2 atom stereocenters. The fourth-order valence-electron chi connectivity index (χ4n) is 4.06. The van der Waals surface area contributed by atoms with Gasteiger partial charge in [-0.3, -0.25) is 9.59 Å². The van der Waals surface area contributed by atoms with Gasteiger partial charge in [0, 0.05) is 29.5 Å². The third-order valence-corrected chi connectivity index (χ3v) is 8.38. The third kappa shape index (κ3) is 5.93. The van der Waals surface area contributed by atoms with Gasteiger partial charge in [0.1, 0.15) is 12.1 Å². The second-order valence-electron chi connectivity index (χ2n) is 8.04. The van der Waals surface area contributed by atoms with Crippen molar-refractivity contribution in [3.8, 4) is 0 Å². The first-order valence-electron chi connectivity index (χ1n) is 10.8. The van der Waals surface area contributed by atoms with Crippen LogP contribution >= 0.6 is 22.9 Å². The van der Waals surface area contributed by atoms with E-state index in [1.54, 1.807) is 29.2 Å². The predicted octanol–water partition coefficient (Wildman–Crippen LogP) is 2.06. The Morgan fingerprint density at radius 2 is 1.91 bits per heavy atom. The van der Waals surface area contributed by atoms with Crippen LogP contribution in [0.5, 0.6) is 0 Å². The molecule has 8 nitrogen and oxygen atoms in total. The molecule has 3 heterocycles. The van der Waals surface area contributed by atoms with E-state index in [1.165, 1.54) is 16.2 Å². The molecule has 2 saturated heterocycles. The minimum atomic E-state index is -3.69. The van der Waals surface area contributed by atoms with E-state index in [9.17, 15) is 18.0 Å². The van der Waals surface area contributed by atoms with E-state index in [4.69, 9.17) is 16.3 Å². The Morgan fingerprint density at radius 3 is 2.58 bits per heavy atom. The SMILES string of the molecule is O=C([C@H](c1cccs1)N1CC[C@H](NS(=O)(=O)CCc2ccc(Cl)cc2)C1=O)N1CCOCC1. The molecular formula is C22H26ClN3O5S2. The standard InChI is InChI=1S/C22H26ClN3O5S2/c23-17-5-3-16(4-6-17)8-15-33(29,30)24-18-7-9-26(21(18)27)20(19-2-1-14-32-19)22(28)25-10-12-31-13-11-25/h1-6,14,18,20,24H,7-13,15H2/t18-,20-/m0/s1. The molecule has 2 aromatic rings. The van der Waals surface area contributed by atoms with Gasteiger partial charge in [-0.15, -0.1) is 11.3 Å². The largest absolute Gasteiger partial charge is 0.378 e. The molecule has 33 heavy (non-hydrogen) atoms. The van der Waals surface area contributed by atoms with E-state index in [0.29, 0.717) is 50.7 Å². The Hall–Kier alpha value is -1.98. The Kier molecular flexibility index (Phi) is 7.70. The van der Waals surface area contributed by atoms with E-state index in [0.717, 1.165) is 10.4 Å². The van der Waals surface area contributed by atoms with Crippen LogP contribution in [0.1, 0.15) is 22.9 Å². The number of sulfonamides is 1. The third-order valence-electron chi connectivity index (χ3n) is 5.82. The summed E-state index contributed by atoms with van der Waals surface area (Å²) in [6, 6.07) is 9.05. The second kappa shape index (κ2) is 10.5. The molecule has 2 aliphatic rings. The highest BCUT2D eigenvalue weighted by molar-refractivity contribution is 7.89. The summed E-state index contributed by atoms with van der Waals surface area (Å²) in [6.07, 6.45) is 0.627. The summed E-state index contributed by atoms with van der Waals surface area (Å²) in [4.78, 5) is 30.5. The molecule has 2 aliphatic heterocycles. The Balaban J connectivity index is 1.43. The van der Waals surface area contributed by atoms with Crippen molar-refractivity contribution < 1.29 is 22.7 Å². The molecule has 0 aliphatic carbocycles. The van der Waals surface area contributed by atoms with Crippen LogP contribution in [0.2, 0.25) is 5.02 Å². The average Bonchev–Trinajstić information content (AvgIpc) is 3.46. The van der Waals surface area contributed by atoms with Crippen LogP contribution < -0.4 is 4.72 Å². The monoisotopic (exact) mass is 511 g/mol. The fourth-order valence-corrected chi connectivity index (χ4v) is 6.29. The first-order chi connectivity index (χ1) is 15.8. The number of thiophene rings is 1. The number of rotatable bonds is 8. The Morgan fingerprint density at radius 1 is 1.18 bits per heavy atom. The van der Waals surface area contributed by atoms with E-state index in [-0.39, 0.29) is 17.6 Å². The Labute approximate surface area is 202 Å². The van der Waals surface area contributed by atoms with E-state index in [1.807, 2.05) is 17.5 Å². The van der Waals surface area contributed by atoms with Crippen LogP contribution in [-0.4, -0.2) is 74.7 Å². The fraction of sp³-hybridized carbons (Fsp3) is 0.455. The van der Waals surface area contributed by atoms with Gasteiger partial charge in [-0.25, -0.2) is 13.1 Å². The minimum absolute atomic E-state index is 0.139. The van der Waals surface area contributed by atoms with E-state index in [2.05, 4.69) is 4.72 Å². The molecule has 0 saturated carbocycles. The van der Waals surface area contributed by atoms with Gasteiger partial charge in [0.05, 0.1) is 19.0 Å². The number of nitrogens with one attached hydrogen (secondary N) is 1. The summed E-state index contributed by atoms with van der Waals surface area (Å²) in [6.45, 7) is 2.19. The zero-order chi connectivity index (χ0) is 23.4. The average molecular weight is 512 g/mol. The first kappa shape index (κ1) is 24.2. The molecular weight excluding hydrogens is 486 g/mol. The van der Waals surface area contributed by atoms with Crippen molar-refractivity contribution in [3.63, 3.8) is 0 Å². The number of benzene rings is 1. The summed E-state index contributed by atoms with van der Waals surface area (Å²) >= 11 is 7.29. The summed E-state index contributed by atoms with van der Waals surface area (Å²) in [7, 11) is -3.69. The van der Waals surface area contributed by atoms with Crippen LogP contribution in [0.3, 0.4) is 0 Å². The topological polar surface area (TPSA) is 96.0 Å².